The van der Waals surface area contributed by atoms with Gasteiger partial charge in [0.2, 0.25) is 5.82 Å². The monoisotopic (exact) mass is 477 g/mol. The van der Waals surface area contributed by atoms with E-state index in [1.807, 2.05) is 0 Å². The Morgan fingerprint density at radius 2 is 1.76 bits per heavy atom. The zero-order valence-electron chi connectivity index (χ0n) is 17.1. The number of hydrogen-bond acceptors (Lipinski definition) is 6. The summed E-state index contributed by atoms with van der Waals surface area (Å²) in [5.74, 6) is -0.775. The van der Waals surface area contributed by atoms with E-state index in [1.54, 1.807) is 24.3 Å². The summed E-state index contributed by atoms with van der Waals surface area (Å²) >= 11 is 6.03. The number of methoxy groups -OCH3 is 2. The van der Waals surface area contributed by atoms with E-state index in [4.69, 9.17) is 21.1 Å². The lowest BCUT2D eigenvalue weighted by atomic mass is 10.1. The van der Waals surface area contributed by atoms with Crippen molar-refractivity contribution in [2.75, 3.05) is 19.5 Å². The number of amides is 1. The number of alkyl halides is 3. The molecule has 170 valence electrons. The molecule has 0 fully saturated rings. The van der Waals surface area contributed by atoms with Crippen LogP contribution in [0.25, 0.3) is 17.0 Å². The number of carbonyl (C=O) groups is 1. The molecule has 0 aliphatic rings. The van der Waals surface area contributed by atoms with Gasteiger partial charge in [0.25, 0.3) is 11.7 Å². The van der Waals surface area contributed by atoms with E-state index in [2.05, 4.69) is 20.4 Å². The molecule has 0 aliphatic heterocycles. The molecule has 0 saturated carbocycles. The third-order valence-electron chi connectivity index (χ3n) is 4.60. The zero-order valence-corrected chi connectivity index (χ0v) is 17.9. The Bertz CT molecular complexity index is 1340. The summed E-state index contributed by atoms with van der Waals surface area (Å²) in [6.07, 6.45) is -4.77. The van der Waals surface area contributed by atoms with Crippen molar-refractivity contribution in [3.05, 3.63) is 65.1 Å². The van der Waals surface area contributed by atoms with Crippen LogP contribution >= 0.6 is 11.6 Å². The number of hydrogen-bond donors (Lipinski definition) is 1. The number of ether oxygens (including phenoxy) is 2. The minimum absolute atomic E-state index is 0.0128. The van der Waals surface area contributed by atoms with Crippen molar-refractivity contribution < 1.29 is 27.4 Å². The van der Waals surface area contributed by atoms with Crippen LogP contribution in [0.2, 0.25) is 5.02 Å². The smallest absolute Gasteiger partial charge is 0.433 e. The van der Waals surface area contributed by atoms with Gasteiger partial charge in [-0.3, -0.25) is 4.79 Å². The van der Waals surface area contributed by atoms with E-state index in [9.17, 15) is 18.0 Å². The Morgan fingerprint density at radius 3 is 2.36 bits per heavy atom. The predicted molar refractivity (Wildman–Crippen MR) is 114 cm³/mol. The largest absolute Gasteiger partial charge is 0.497 e. The summed E-state index contributed by atoms with van der Waals surface area (Å²) in [5.41, 5.74) is -0.422. The van der Waals surface area contributed by atoms with E-state index < -0.39 is 23.6 Å². The molecule has 2 aromatic heterocycles. The standard InChI is InChI=1S/C21H15ClF3N5O3/c1-32-13-6-3-11(4-7-13)15-10-17(21(23,24)25)30-20(27-15)28-18(29-30)19(31)26-12-5-8-16(33-2)14(22)9-12/h3-10H,1-2H3,(H,26,31). The van der Waals surface area contributed by atoms with Crippen LogP contribution in [-0.2, 0) is 6.18 Å². The minimum Gasteiger partial charge on any atom is -0.497 e. The van der Waals surface area contributed by atoms with Crippen molar-refractivity contribution in [2.24, 2.45) is 0 Å². The van der Waals surface area contributed by atoms with E-state index in [0.717, 1.165) is 6.07 Å². The molecule has 1 N–H and O–H groups in total. The lowest BCUT2D eigenvalue weighted by Crippen LogP contribution is -2.16. The normalized spacial score (nSPS) is 11.5. The van der Waals surface area contributed by atoms with E-state index in [1.165, 1.54) is 32.4 Å². The van der Waals surface area contributed by atoms with Gasteiger partial charge in [-0.25, -0.2) is 4.98 Å². The molecule has 4 aromatic rings. The third kappa shape index (κ3) is 4.53. The fourth-order valence-corrected chi connectivity index (χ4v) is 3.27. The fourth-order valence-electron chi connectivity index (χ4n) is 3.01. The average Bonchev–Trinajstić information content (AvgIpc) is 3.22. The second kappa shape index (κ2) is 8.58. The highest BCUT2D eigenvalue weighted by molar-refractivity contribution is 6.32. The number of halogens is 4. The number of nitrogens with zero attached hydrogens (tertiary/aromatic N) is 4. The first kappa shape index (κ1) is 22.3. The molecule has 0 spiro atoms. The van der Waals surface area contributed by atoms with E-state index in [-0.39, 0.29) is 22.2 Å². The van der Waals surface area contributed by atoms with Crippen molar-refractivity contribution in [3.8, 4) is 22.8 Å². The van der Waals surface area contributed by atoms with Gasteiger partial charge >= 0.3 is 6.18 Å². The molecule has 1 amide bonds. The molecule has 0 saturated heterocycles. The molecule has 8 nitrogen and oxygen atoms in total. The van der Waals surface area contributed by atoms with Gasteiger partial charge in [-0.2, -0.15) is 22.7 Å². The second-order valence-corrected chi connectivity index (χ2v) is 7.11. The average molecular weight is 478 g/mol. The van der Waals surface area contributed by atoms with Crippen LogP contribution in [0.4, 0.5) is 18.9 Å². The topological polar surface area (TPSA) is 90.6 Å². The Kier molecular flexibility index (Phi) is 5.81. The lowest BCUT2D eigenvalue weighted by molar-refractivity contribution is -0.142. The summed E-state index contributed by atoms with van der Waals surface area (Å²) in [4.78, 5) is 20.6. The van der Waals surface area contributed by atoms with Crippen LogP contribution in [0.1, 0.15) is 16.3 Å². The first-order valence-corrected chi connectivity index (χ1v) is 9.71. The summed E-state index contributed by atoms with van der Waals surface area (Å²) in [6, 6.07) is 11.6. The highest BCUT2D eigenvalue weighted by Crippen LogP contribution is 2.32. The molecule has 0 aliphatic carbocycles. The highest BCUT2D eigenvalue weighted by atomic mass is 35.5. The van der Waals surface area contributed by atoms with Gasteiger partial charge in [0, 0.05) is 11.3 Å². The molecular formula is C21H15ClF3N5O3. The van der Waals surface area contributed by atoms with Crippen molar-refractivity contribution >= 4 is 29.0 Å². The molecule has 4 rings (SSSR count). The number of nitrogens with one attached hydrogen (secondary N) is 1. The van der Waals surface area contributed by atoms with Crippen LogP contribution in [-0.4, -0.2) is 39.7 Å². The van der Waals surface area contributed by atoms with Crippen LogP contribution < -0.4 is 14.8 Å². The number of carbonyl (C=O) groups excluding carboxylic acids is 1. The van der Waals surface area contributed by atoms with Crippen molar-refractivity contribution in [2.45, 2.75) is 6.18 Å². The Labute approximate surface area is 189 Å². The maximum Gasteiger partial charge on any atom is 0.433 e. The van der Waals surface area contributed by atoms with Crippen LogP contribution in [0.5, 0.6) is 11.5 Å². The molecule has 33 heavy (non-hydrogen) atoms. The number of fused-ring (bicyclic) bond motifs is 1. The Morgan fingerprint density at radius 1 is 1.03 bits per heavy atom. The number of rotatable bonds is 5. The molecule has 12 heteroatoms. The van der Waals surface area contributed by atoms with Crippen molar-refractivity contribution in [3.63, 3.8) is 0 Å². The maximum atomic E-state index is 13.7. The minimum atomic E-state index is -4.77. The van der Waals surface area contributed by atoms with Crippen LogP contribution in [0.3, 0.4) is 0 Å². The van der Waals surface area contributed by atoms with Gasteiger partial charge in [-0.15, -0.1) is 5.10 Å². The predicted octanol–water partition coefficient (Wildman–Crippen LogP) is 4.73. The second-order valence-electron chi connectivity index (χ2n) is 6.70. The third-order valence-corrected chi connectivity index (χ3v) is 4.90. The molecule has 2 heterocycles. The molecule has 0 bridgehead atoms. The zero-order chi connectivity index (χ0) is 23.8. The van der Waals surface area contributed by atoms with Crippen LogP contribution in [0, 0.1) is 0 Å². The van der Waals surface area contributed by atoms with Gasteiger partial charge in [-0.1, -0.05) is 11.6 Å². The molecule has 2 aromatic carbocycles. The van der Waals surface area contributed by atoms with Gasteiger partial charge < -0.3 is 14.8 Å². The molecule has 0 radical (unpaired) electrons. The first-order chi connectivity index (χ1) is 15.7. The number of benzene rings is 2. The van der Waals surface area contributed by atoms with Gasteiger partial charge in [0.15, 0.2) is 5.69 Å². The molecule has 0 unspecified atom stereocenters. The first-order valence-electron chi connectivity index (χ1n) is 9.34. The summed E-state index contributed by atoms with van der Waals surface area (Å²) in [6.45, 7) is 0. The Hall–Kier alpha value is -3.86. The highest BCUT2D eigenvalue weighted by Gasteiger charge is 2.36. The summed E-state index contributed by atoms with van der Waals surface area (Å²) in [5, 5.41) is 6.45. The van der Waals surface area contributed by atoms with Gasteiger partial charge in [0.05, 0.1) is 24.9 Å². The summed E-state index contributed by atoms with van der Waals surface area (Å²) in [7, 11) is 2.91. The SMILES string of the molecule is COc1ccc(-c2cc(C(F)(F)F)n3nc(C(=O)Nc4ccc(OC)c(Cl)c4)nc3n2)cc1. The lowest BCUT2D eigenvalue weighted by Gasteiger charge is -2.10. The van der Waals surface area contributed by atoms with Crippen molar-refractivity contribution in [1.82, 2.24) is 19.6 Å². The van der Waals surface area contributed by atoms with E-state index >= 15 is 0 Å². The number of aromatic nitrogens is 4. The molecular weight excluding hydrogens is 463 g/mol. The molecule has 0 atom stereocenters. The number of anilines is 1. The quantitative estimate of drug-likeness (QED) is 0.447. The summed E-state index contributed by atoms with van der Waals surface area (Å²) < 4.78 is 51.8. The van der Waals surface area contributed by atoms with Gasteiger partial charge in [0.1, 0.15) is 11.5 Å². The maximum absolute atomic E-state index is 13.7. The van der Waals surface area contributed by atoms with Crippen LogP contribution in [0.15, 0.2) is 48.5 Å². The van der Waals surface area contributed by atoms with E-state index in [0.29, 0.717) is 21.6 Å². The fraction of sp³-hybridized carbons (Fsp3) is 0.143. The Balaban J connectivity index is 1.73. The van der Waals surface area contributed by atoms with Gasteiger partial charge in [-0.05, 0) is 48.5 Å². The van der Waals surface area contributed by atoms with Crippen molar-refractivity contribution in [1.29, 1.82) is 0 Å².